The van der Waals surface area contributed by atoms with Gasteiger partial charge in [0, 0.05) is 0 Å². The van der Waals surface area contributed by atoms with Crippen molar-refractivity contribution in [1.82, 2.24) is 9.55 Å². The first-order valence-corrected chi connectivity index (χ1v) is 5.56. The summed E-state index contributed by atoms with van der Waals surface area (Å²) in [7, 11) is 0. The van der Waals surface area contributed by atoms with Crippen molar-refractivity contribution in [1.29, 1.82) is 0 Å². The van der Waals surface area contributed by atoms with Crippen LogP contribution in [0.4, 0.5) is 5.95 Å². The molecule has 2 aromatic heterocycles. The van der Waals surface area contributed by atoms with Crippen molar-refractivity contribution in [3.8, 4) is 0 Å². The van der Waals surface area contributed by atoms with Crippen LogP contribution in [0, 0.1) is 0 Å². The second kappa shape index (κ2) is 3.82. The standard InChI is InChI=1S/C12H10ClN3O/c13-9-4-1-5-10-11(9)16(12(14)15-10)7-8-3-2-6-17-8/h1-6H,7H2,(H2,14,15). The molecule has 0 radical (unpaired) electrons. The quantitative estimate of drug-likeness (QED) is 0.758. The number of benzene rings is 1. The summed E-state index contributed by atoms with van der Waals surface area (Å²) in [4.78, 5) is 4.27. The van der Waals surface area contributed by atoms with Crippen molar-refractivity contribution < 1.29 is 4.42 Å². The molecule has 0 aliphatic heterocycles. The molecule has 0 saturated heterocycles. The Morgan fingerprint density at radius 1 is 1.29 bits per heavy atom. The van der Waals surface area contributed by atoms with E-state index in [1.807, 2.05) is 34.9 Å². The average Bonchev–Trinajstić information content (AvgIpc) is 2.89. The van der Waals surface area contributed by atoms with Crippen LogP contribution >= 0.6 is 11.6 Å². The number of rotatable bonds is 2. The summed E-state index contributed by atoms with van der Waals surface area (Å²) in [6.45, 7) is 0.527. The SMILES string of the molecule is Nc1nc2cccc(Cl)c2n1Cc1ccco1. The number of anilines is 1. The predicted molar refractivity (Wildman–Crippen MR) is 67.0 cm³/mol. The summed E-state index contributed by atoms with van der Waals surface area (Å²) in [6.07, 6.45) is 1.63. The van der Waals surface area contributed by atoms with Gasteiger partial charge >= 0.3 is 0 Å². The minimum absolute atomic E-state index is 0.435. The van der Waals surface area contributed by atoms with Crippen molar-refractivity contribution in [2.75, 3.05) is 5.73 Å². The van der Waals surface area contributed by atoms with Gasteiger partial charge < -0.3 is 14.7 Å². The molecule has 0 spiro atoms. The minimum atomic E-state index is 0.435. The number of hydrogen-bond donors (Lipinski definition) is 1. The number of para-hydroxylation sites is 1. The summed E-state index contributed by atoms with van der Waals surface area (Å²) in [5, 5.41) is 0.637. The van der Waals surface area contributed by atoms with E-state index in [1.54, 1.807) is 6.26 Å². The Hall–Kier alpha value is -1.94. The minimum Gasteiger partial charge on any atom is -0.467 e. The zero-order valence-electron chi connectivity index (χ0n) is 8.93. The topological polar surface area (TPSA) is 57.0 Å². The molecule has 0 fully saturated rings. The first kappa shape index (κ1) is 10.2. The zero-order chi connectivity index (χ0) is 11.8. The maximum Gasteiger partial charge on any atom is 0.201 e. The summed E-state index contributed by atoms with van der Waals surface area (Å²) in [6, 6.07) is 9.29. The van der Waals surface area contributed by atoms with Crippen molar-refractivity contribution >= 4 is 28.6 Å². The van der Waals surface area contributed by atoms with E-state index < -0.39 is 0 Å². The molecule has 0 atom stereocenters. The number of fused-ring (bicyclic) bond motifs is 1. The smallest absolute Gasteiger partial charge is 0.201 e. The van der Waals surface area contributed by atoms with Crippen molar-refractivity contribution in [3.05, 3.63) is 47.4 Å². The molecular weight excluding hydrogens is 238 g/mol. The molecule has 86 valence electrons. The molecule has 3 rings (SSSR count). The lowest BCUT2D eigenvalue weighted by Gasteiger charge is -2.04. The van der Waals surface area contributed by atoms with Gasteiger partial charge in [-0.1, -0.05) is 17.7 Å². The normalized spacial score (nSPS) is 11.1. The van der Waals surface area contributed by atoms with E-state index in [0.29, 0.717) is 17.5 Å². The van der Waals surface area contributed by atoms with Gasteiger partial charge in [-0.05, 0) is 24.3 Å². The van der Waals surface area contributed by atoms with Crippen molar-refractivity contribution in [3.63, 3.8) is 0 Å². The predicted octanol–water partition coefficient (Wildman–Crippen LogP) is 2.91. The van der Waals surface area contributed by atoms with Crippen LogP contribution in [0.1, 0.15) is 5.76 Å². The fourth-order valence-electron chi connectivity index (χ4n) is 1.88. The number of nitrogens with zero attached hydrogens (tertiary/aromatic N) is 2. The molecule has 0 aliphatic rings. The molecule has 0 bridgehead atoms. The third-order valence-corrected chi connectivity index (χ3v) is 2.95. The number of hydrogen-bond acceptors (Lipinski definition) is 3. The number of imidazole rings is 1. The second-order valence-corrected chi connectivity index (χ2v) is 4.15. The van der Waals surface area contributed by atoms with E-state index in [1.165, 1.54) is 0 Å². The summed E-state index contributed by atoms with van der Waals surface area (Å²) < 4.78 is 7.15. The average molecular weight is 248 g/mol. The maximum atomic E-state index is 6.17. The van der Waals surface area contributed by atoms with Gasteiger partial charge in [-0.15, -0.1) is 0 Å². The molecule has 4 nitrogen and oxygen atoms in total. The highest BCUT2D eigenvalue weighted by molar-refractivity contribution is 6.35. The molecule has 2 N–H and O–H groups in total. The van der Waals surface area contributed by atoms with E-state index in [0.717, 1.165) is 16.8 Å². The second-order valence-electron chi connectivity index (χ2n) is 3.74. The van der Waals surface area contributed by atoms with Crippen LogP contribution in [0.25, 0.3) is 11.0 Å². The molecule has 0 aliphatic carbocycles. The van der Waals surface area contributed by atoms with E-state index in [9.17, 15) is 0 Å². The van der Waals surface area contributed by atoms with Crippen LogP contribution in [0.3, 0.4) is 0 Å². The Labute approximate surface area is 103 Å². The van der Waals surface area contributed by atoms with Gasteiger partial charge in [-0.25, -0.2) is 4.98 Å². The lowest BCUT2D eigenvalue weighted by atomic mass is 10.3. The lowest BCUT2D eigenvalue weighted by Crippen LogP contribution is -2.04. The van der Waals surface area contributed by atoms with Gasteiger partial charge in [-0.3, -0.25) is 0 Å². The molecule has 5 heteroatoms. The Morgan fingerprint density at radius 2 is 2.18 bits per heavy atom. The van der Waals surface area contributed by atoms with Crippen LogP contribution in [0.2, 0.25) is 5.02 Å². The highest BCUT2D eigenvalue weighted by Crippen LogP contribution is 2.26. The van der Waals surface area contributed by atoms with Crippen LogP contribution in [0.15, 0.2) is 41.0 Å². The number of aromatic nitrogens is 2. The fraction of sp³-hybridized carbons (Fsp3) is 0.0833. The summed E-state index contributed by atoms with van der Waals surface area (Å²) in [5.41, 5.74) is 7.52. The van der Waals surface area contributed by atoms with Crippen LogP contribution in [-0.2, 0) is 6.54 Å². The van der Waals surface area contributed by atoms with E-state index in [-0.39, 0.29) is 0 Å². The third kappa shape index (κ3) is 1.66. The van der Waals surface area contributed by atoms with Gasteiger partial charge in [0.15, 0.2) is 0 Å². The zero-order valence-corrected chi connectivity index (χ0v) is 9.69. The summed E-state index contributed by atoms with van der Waals surface area (Å²) >= 11 is 6.17. The number of nitrogen functional groups attached to an aromatic ring is 1. The maximum absolute atomic E-state index is 6.17. The molecule has 0 unspecified atom stereocenters. The van der Waals surface area contributed by atoms with Crippen molar-refractivity contribution in [2.45, 2.75) is 6.54 Å². The Bertz CT molecular complexity index is 658. The molecule has 3 aromatic rings. The highest BCUT2D eigenvalue weighted by Gasteiger charge is 2.12. The van der Waals surface area contributed by atoms with Crippen LogP contribution in [-0.4, -0.2) is 9.55 Å². The molecule has 0 saturated carbocycles. The number of furan rings is 1. The third-order valence-electron chi connectivity index (χ3n) is 2.64. The molecule has 2 heterocycles. The Balaban J connectivity index is 2.18. The number of halogens is 1. The highest BCUT2D eigenvalue weighted by atomic mass is 35.5. The van der Waals surface area contributed by atoms with E-state index in [2.05, 4.69) is 4.98 Å². The monoisotopic (exact) mass is 247 g/mol. The Kier molecular flexibility index (Phi) is 2.30. The van der Waals surface area contributed by atoms with E-state index in [4.69, 9.17) is 21.8 Å². The first-order valence-electron chi connectivity index (χ1n) is 5.18. The van der Waals surface area contributed by atoms with Gasteiger partial charge in [-0.2, -0.15) is 0 Å². The van der Waals surface area contributed by atoms with Crippen molar-refractivity contribution in [2.24, 2.45) is 0 Å². The molecule has 1 aromatic carbocycles. The van der Waals surface area contributed by atoms with Crippen LogP contribution in [0.5, 0.6) is 0 Å². The number of nitrogens with two attached hydrogens (primary N) is 1. The largest absolute Gasteiger partial charge is 0.467 e. The lowest BCUT2D eigenvalue weighted by molar-refractivity contribution is 0.497. The Morgan fingerprint density at radius 3 is 2.94 bits per heavy atom. The molecular formula is C12H10ClN3O. The van der Waals surface area contributed by atoms with Gasteiger partial charge in [0.1, 0.15) is 5.76 Å². The van der Waals surface area contributed by atoms with Crippen LogP contribution < -0.4 is 5.73 Å². The molecule has 17 heavy (non-hydrogen) atoms. The first-order chi connectivity index (χ1) is 8.25. The molecule has 0 amide bonds. The van der Waals surface area contributed by atoms with Gasteiger partial charge in [0.2, 0.25) is 5.95 Å². The van der Waals surface area contributed by atoms with E-state index >= 15 is 0 Å². The van der Waals surface area contributed by atoms with Gasteiger partial charge in [0.05, 0.1) is 28.9 Å². The fourth-order valence-corrected chi connectivity index (χ4v) is 2.15. The summed E-state index contributed by atoms with van der Waals surface area (Å²) in [5.74, 6) is 1.25. The van der Waals surface area contributed by atoms with Gasteiger partial charge in [0.25, 0.3) is 0 Å².